The van der Waals surface area contributed by atoms with E-state index in [1.807, 2.05) is 13.8 Å². The van der Waals surface area contributed by atoms with Gasteiger partial charge in [0.05, 0.1) is 34.6 Å². The zero-order valence-electron chi connectivity index (χ0n) is 16.9. The number of nitrogens with zero attached hydrogens (tertiary/aromatic N) is 3. The Balaban J connectivity index is 2.38. The number of ether oxygens (including phenoxy) is 1. The number of aliphatic imine (C=N–C) groups is 1. The summed E-state index contributed by atoms with van der Waals surface area (Å²) in [7, 11) is 0. The third-order valence-electron chi connectivity index (χ3n) is 4.58. The summed E-state index contributed by atoms with van der Waals surface area (Å²) in [6.07, 6.45) is 2.97. The minimum atomic E-state index is -0.759. The fraction of sp³-hybridized carbons (Fsp3) is 0.429. The van der Waals surface area contributed by atoms with Crippen LogP contribution in [-0.2, 0) is 14.3 Å². The fourth-order valence-electron chi connectivity index (χ4n) is 3.15. The lowest BCUT2D eigenvalue weighted by molar-refractivity contribution is -0.138. The van der Waals surface area contributed by atoms with Crippen molar-refractivity contribution in [1.82, 2.24) is 4.90 Å². The van der Waals surface area contributed by atoms with Crippen molar-refractivity contribution < 1.29 is 18.7 Å². The molecule has 1 aliphatic heterocycles. The average molecular weight is 416 g/mol. The Morgan fingerprint density at radius 1 is 1.45 bits per heavy atom. The molecule has 0 saturated carbocycles. The topological polar surface area (TPSA) is 95.9 Å². The molecule has 0 bridgehead atoms. The second kappa shape index (κ2) is 10.7. The first-order valence-corrected chi connectivity index (χ1v) is 10.4. The SMILES string of the molecule is C=CCOC(=O)C1=C(C)N=C(SCC(=O)N(CC)CC)C(C#N)[C@@H]1c1ccco1. The number of amides is 1. The van der Waals surface area contributed by atoms with Gasteiger partial charge in [0, 0.05) is 18.8 Å². The summed E-state index contributed by atoms with van der Waals surface area (Å²) in [6, 6.07) is 5.66. The predicted octanol–water partition coefficient (Wildman–Crippen LogP) is 3.52. The molecule has 7 nitrogen and oxygen atoms in total. The summed E-state index contributed by atoms with van der Waals surface area (Å²) >= 11 is 1.23. The van der Waals surface area contributed by atoms with Crippen LogP contribution in [0, 0.1) is 17.2 Å². The molecule has 2 atom stereocenters. The van der Waals surface area contributed by atoms with Crippen LogP contribution in [0.25, 0.3) is 0 Å². The molecule has 0 radical (unpaired) electrons. The first-order chi connectivity index (χ1) is 14.0. The van der Waals surface area contributed by atoms with Crippen molar-refractivity contribution in [3.05, 3.63) is 48.1 Å². The van der Waals surface area contributed by atoms with E-state index in [1.54, 1.807) is 24.0 Å². The largest absolute Gasteiger partial charge is 0.469 e. The van der Waals surface area contributed by atoms with E-state index in [0.717, 1.165) is 0 Å². The van der Waals surface area contributed by atoms with E-state index >= 15 is 0 Å². The molecule has 0 saturated heterocycles. The normalized spacial score (nSPS) is 18.6. The monoisotopic (exact) mass is 415 g/mol. The molecule has 2 rings (SSSR count). The Bertz CT molecular complexity index is 848. The molecule has 2 heterocycles. The smallest absolute Gasteiger partial charge is 0.336 e. The van der Waals surface area contributed by atoms with E-state index in [-0.39, 0.29) is 23.8 Å². The van der Waals surface area contributed by atoms with Crippen LogP contribution < -0.4 is 0 Å². The molecule has 0 spiro atoms. The number of hydrogen-bond donors (Lipinski definition) is 0. The molecule has 0 N–H and O–H groups in total. The molecule has 29 heavy (non-hydrogen) atoms. The van der Waals surface area contributed by atoms with Crippen LogP contribution in [-0.4, -0.2) is 47.3 Å². The number of furan rings is 1. The van der Waals surface area contributed by atoms with Crippen molar-refractivity contribution in [2.24, 2.45) is 10.9 Å². The van der Waals surface area contributed by atoms with Gasteiger partial charge in [0.1, 0.15) is 18.3 Å². The first kappa shape index (κ1) is 22.5. The van der Waals surface area contributed by atoms with E-state index in [2.05, 4.69) is 17.6 Å². The minimum Gasteiger partial charge on any atom is -0.469 e. The number of carbonyl (C=O) groups is 2. The minimum absolute atomic E-state index is 0.0215. The summed E-state index contributed by atoms with van der Waals surface area (Å²) in [5.41, 5.74) is 0.734. The maximum absolute atomic E-state index is 12.7. The third-order valence-corrected chi connectivity index (χ3v) is 5.61. The number of hydrogen-bond acceptors (Lipinski definition) is 7. The van der Waals surface area contributed by atoms with Crippen molar-refractivity contribution in [2.75, 3.05) is 25.4 Å². The molecule has 0 aromatic carbocycles. The van der Waals surface area contributed by atoms with Crippen LogP contribution in [0.15, 0.2) is 51.7 Å². The van der Waals surface area contributed by atoms with Crippen molar-refractivity contribution in [3.8, 4) is 6.07 Å². The Morgan fingerprint density at radius 2 is 2.17 bits per heavy atom. The van der Waals surface area contributed by atoms with Gasteiger partial charge in [-0.1, -0.05) is 24.4 Å². The van der Waals surface area contributed by atoms with Gasteiger partial charge in [-0.25, -0.2) is 9.79 Å². The van der Waals surface area contributed by atoms with E-state index in [4.69, 9.17) is 9.15 Å². The Morgan fingerprint density at radius 3 is 2.72 bits per heavy atom. The lowest BCUT2D eigenvalue weighted by atomic mass is 9.82. The standard InChI is InChI=1S/C21H25N3O4S/c1-5-10-28-21(26)18-14(4)23-20(29-13-17(25)24(6-2)7-3)15(12-22)19(18)16-9-8-11-27-16/h5,8-9,11,15,19H,1,6-7,10,13H2,2-4H3/t15?,19-/m1/s1. The van der Waals surface area contributed by atoms with Crippen molar-refractivity contribution >= 4 is 28.7 Å². The van der Waals surface area contributed by atoms with Gasteiger partial charge < -0.3 is 14.1 Å². The van der Waals surface area contributed by atoms with Gasteiger partial charge in [-0.05, 0) is 32.9 Å². The van der Waals surface area contributed by atoms with Gasteiger partial charge >= 0.3 is 5.97 Å². The maximum atomic E-state index is 12.7. The number of nitriles is 1. The van der Waals surface area contributed by atoms with Crippen molar-refractivity contribution in [3.63, 3.8) is 0 Å². The Labute approximate surface area is 175 Å². The quantitative estimate of drug-likeness (QED) is 0.476. The summed E-state index contributed by atoms with van der Waals surface area (Å²) in [6.45, 7) is 10.4. The van der Waals surface area contributed by atoms with E-state index in [0.29, 0.717) is 29.6 Å². The highest BCUT2D eigenvalue weighted by molar-refractivity contribution is 8.14. The summed E-state index contributed by atoms with van der Waals surface area (Å²) in [5, 5.41) is 10.4. The molecule has 1 unspecified atom stereocenters. The first-order valence-electron chi connectivity index (χ1n) is 9.39. The fourth-order valence-corrected chi connectivity index (χ4v) is 4.17. The summed E-state index contributed by atoms with van der Waals surface area (Å²) in [5.74, 6) is -1.35. The van der Waals surface area contributed by atoms with Crippen LogP contribution >= 0.6 is 11.8 Å². The number of carbonyl (C=O) groups excluding carboxylic acids is 2. The molecule has 1 aromatic heterocycles. The highest BCUT2D eigenvalue weighted by atomic mass is 32.2. The summed E-state index contributed by atoms with van der Waals surface area (Å²) in [4.78, 5) is 31.2. The van der Waals surface area contributed by atoms with E-state index < -0.39 is 17.8 Å². The summed E-state index contributed by atoms with van der Waals surface area (Å²) < 4.78 is 10.7. The number of rotatable bonds is 8. The second-order valence-corrected chi connectivity index (χ2v) is 7.29. The van der Waals surface area contributed by atoms with Crippen LogP contribution in [0.2, 0.25) is 0 Å². The molecule has 1 amide bonds. The van der Waals surface area contributed by atoms with E-state index in [9.17, 15) is 14.9 Å². The second-order valence-electron chi connectivity index (χ2n) is 6.29. The van der Waals surface area contributed by atoms with Crippen LogP contribution in [0.4, 0.5) is 0 Å². The predicted molar refractivity (Wildman–Crippen MR) is 112 cm³/mol. The van der Waals surface area contributed by atoms with Gasteiger partial charge in [-0.15, -0.1) is 0 Å². The Kier molecular flexibility index (Phi) is 8.28. The zero-order chi connectivity index (χ0) is 21.4. The maximum Gasteiger partial charge on any atom is 0.336 e. The van der Waals surface area contributed by atoms with Crippen LogP contribution in [0.3, 0.4) is 0 Å². The van der Waals surface area contributed by atoms with E-state index in [1.165, 1.54) is 24.1 Å². The number of allylic oxidation sites excluding steroid dienone is 1. The van der Waals surface area contributed by atoms with Crippen molar-refractivity contribution in [2.45, 2.75) is 26.7 Å². The molecule has 0 aliphatic carbocycles. The van der Waals surface area contributed by atoms with Gasteiger partial charge in [0.15, 0.2) is 0 Å². The Hall–Kier alpha value is -2.79. The molecule has 8 heteroatoms. The van der Waals surface area contributed by atoms with Gasteiger partial charge in [-0.2, -0.15) is 5.26 Å². The van der Waals surface area contributed by atoms with Gasteiger partial charge in [0.25, 0.3) is 0 Å². The number of thioether (sulfide) groups is 1. The lowest BCUT2D eigenvalue weighted by Gasteiger charge is -2.28. The molecular weight excluding hydrogens is 390 g/mol. The molecule has 1 aromatic rings. The molecular formula is C21H25N3O4S. The third kappa shape index (κ3) is 5.18. The van der Waals surface area contributed by atoms with Crippen molar-refractivity contribution in [1.29, 1.82) is 5.26 Å². The zero-order valence-corrected chi connectivity index (χ0v) is 17.7. The number of esters is 1. The lowest BCUT2D eigenvalue weighted by Crippen LogP contribution is -2.34. The van der Waals surface area contributed by atoms with Gasteiger partial charge in [0.2, 0.25) is 5.91 Å². The molecule has 0 fully saturated rings. The molecule has 154 valence electrons. The van der Waals surface area contributed by atoms with Gasteiger partial charge in [-0.3, -0.25) is 4.79 Å². The average Bonchev–Trinajstić information content (AvgIpc) is 3.25. The van der Waals surface area contributed by atoms with Crippen LogP contribution in [0.5, 0.6) is 0 Å². The highest BCUT2D eigenvalue weighted by Crippen LogP contribution is 2.41. The highest BCUT2D eigenvalue weighted by Gasteiger charge is 2.41. The van der Waals surface area contributed by atoms with Crippen LogP contribution in [0.1, 0.15) is 32.4 Å². The molecule has 1 aliphatic rings.